The van der Waals surface area contributed by atoms with Gasteiger partial charge in [-0.05, 0) is 19.1 Å². The second-order valence-electron chi connectivity index (χ2n) is 4.67. The molecule has 0 amide bonds. The first-order valence-corrected chi connectivity index (χ1v) is 6.61. The van der Waals surface area contributed by atoms with Crippen LogP contribution in [-0.4, -0.2) is 9.97 Å². The number of rotatable bonds is 3. The van der Waals surface area contributed by atoms with Gasteiger partial charge in [-0.15, -0.1) is 0 Å². The average molecular weight is 288 g/mol. The summed E-state index contributed by atoms with van der Waals surface area (Å²) in [6, 6.07) is 9.09. The molecule has 0 aliphatic rings. The van der Waals surface area contributed by atoms with E-state index in [2.05, 4.69) is 16.0 Å². The molecule has 2 rings (SSSR count). The van der Waals surface area contributed by atoms with Gasteiger partial charge in [0.15, 0.2) is 0 Å². The molecule has 0 N–H and O–H groups in total. The van der Waals surface area contributed by atoms with E-state index in [1.54, 1.807) is 31.2 Å². The van der Waals surface area contributed by atoms with Gasteiger partial charge in [0.05, 0.1) is 5.56 Å². The van der Waals surface area contributed by atoms with Crippen LogP contribution in [0.25, 0.3) is 0 Å². The van der Waals surface area contributed by atoms with Crippen LogP contribution in [0.2, 0.25) is 5.15 Å². The van der Waals surface area contributed by atoms with Gasteiger partial charge in [0.1, 0.15) is 22.8 Å². The summed E-state index contributed by atoms with van der Waals surface area (Å²) < 4.78 is 5.74. The number of halogens is 1. The summed E-state index contributed by atoms with van der Waals surface area (Å²) in [6.45, 7) is 5.75. The molecule has 1 heterocycles. The molecule has 0 fully saturated rings. The molecule has 20 heavy (non-hydrogen) atoms. The molecule has 0 radical (unpaired) electrons. The molecule has 0 bridgehead atoms. The summed E-state index contributed by atoms with van der Waals surface area (Å²) >= 11 is 6.11. The van der Waals surface area contributed by atoms with Crippen molar-refractivity contribution in [2.24, 2.45) is 0 Å². The lowest BCUT2D eigenvalue weighted by Gasteiger charge is -2.12. The molecular formula is C15H14ClN3O. The zero-order chi connectivity index (χ0) is 14.7. The Morgan fingerprint density at radius 1 is 1.25 bits per heavy atom. The van der Waals surface area contributed by atoms with Gasteiger partial charge < -0.3 is 4.74 Å². The van der Waals surface area contributed by atoms with Crippen molar-refractivity contribution in [2.75, 3.05) is 0 Å². The Bertz CT molecular complexity index is 677. The predicted molar refractivity (Wildman–Crippen MR) is 77.1 cm³/mol. The molecule has 0 atom stereocenters. The van der Waals surface area contributed by atoms with Crippen LogP contribution >= 0.6 is 11.6 Å². The Morgan fingerprint density at radius 3 is 2.60 bits per heavy atom. The fourth-order valence-corrected chi connectivity index (χ4v) is 1.76. The lowest BCUT2D eigenvalue weighted by atomic mass is 10.2. The van der Waals surface area contributed by atoms with Crippen LogP contribution in [0.15, 0.2) is 24.3 Å². The van der Waals surface area contributed by atoms with E-state index in [1.165, 1.54) is 0 Å². The molecule has 0 unspecified atom stereocenters. The number of para-hydroxylation sites is 1. The molecule has 0 aliphatic heterocycles. The summed E-state index contributed by atoms with van der Waals surface area (Å²) in [5.74, 6) is 1.60. The highest BCUT2D eigenvalue weighted by Crippen LogP contribution is 2.30. The number of hydrogen-bond donors (Lipinski definition) is 0. The van der Waals surface area contributed by atoms with E-state index in [1.807, 2.05) is 13.8 Å². The highest BCUT2D eigenvalue weighted by atomic mass is 35.5. The van der Waals surface area contributed by atoms with Crippen molar-refractivity contribution in [2.45, 2.75) is 26.7 Å². The number of benzene rings is 1. The minimum atomic E-state index is 0.140. The zero-order valence-electron chi connectivity index (χ0n) is 11.5. The van der Waals surface area contributed by atoms with Gasteiger partial charge in [0, 0.05) is 11.5 Å². The summed E-state index contributed by atoms with van der Waals surface area (Å²) in [7, 11) is 0. The van der Waals surface area contributed by atoms with E-state index < -0.39 is 0 Å². The Hall–Kier alpha value is -2.12. The van der Waals surface area contributed by atoms with Crippen LogP contribution in [0, 0.1) is 18.3 Å². The molecule has 0 saturated carbocycles. The molecule has 5 heteroatoms. The molecular weight excluding hydrogens is 274 g/mol. The van der Waals surface area contributed by atoms with E-state index in [4.69, 9.17) is 21.6 Å². The predicted octanol–water partition coefficient (Wildman–Crippen LogP) is 4.23. The minimum absolute atomic E-state index is 0.140. The Balaban J connectivity index is 2.46. The van der Waals surface area contributed by atoms with Gasteiger partial charge >= 0.3 is 0 Å². The quantitative estimate of drug-likeness (QED) is 0.793. The summed E-state index contributed by atoms with van der Waals surface area (Å²) in [5.41, 5.74) is 1.11. The number of hydrogen-bond acceptors (Lipinski definition) is 4. The van der Waals surface area contributed by atoms with Crippen molar-refractivity contribution < 1.29 is 4.74 Å². The third-order valence-electron chi connectivity index (χ3n) is 2.79. The second kappa shape index (κ2) is 5.89. The third kappa shape index (κ3) is 2.89. The monoisotopic (exact) mass is 287 g/mol. The third-order valence-corrected chi connectivity index (χ3v) is 3.16. The lowest BCUT2D eigenvalue weighted by Crippen LogP contribution is -2.03. The van der Waals surface area contributed by atoms with E-state index in [-0.39, 0.29) is 5.92 Å². The van der Waals surface area contributed by atoms with Crippen molar-refractivity contribution in [3.63, 3.8) is 0 Å². The normalized spacial score (nSPS) is 10.4. The molecule has 1 aromatic carbocycles. The van der Waals surface area contributed by atoms with Crippen LogP contribution in [0.4, 0.5) is 0 Å². The second-order valence-corrected chi connectivity index (χ2v) is 5.03. The standard InChI is InChI=1S/C15H14ClN3O/c1-9(2)14-18-13(16)10(3)15(19-14)20-12-7-5-4-6-11(12)8-17/h4-7,9H,1-3H3. The maximum Gasteiger partial charge on any atom is 0.227 e. The Morgan fingerprint density at radius 2 is 1.95 bits per heavy atom. The van der Waals surface area contributed by atoms with E-state index in [0.717, 1.165) is 0 Å². The molecule has 2 aromatic rings. The number of aromatic nitrogens is 2. The number of nitriles is 1. The molecule has 1 aromatic heterocycles. The fourth-order valence-electron chi connectivity index (χ4n) is 1.60. The van der Waals surface area contributed by atoms with Gasteiger partial charge in [-0.1, -0.05) is 37.6 Å². The Labute approximate surface area is 123 Å². The summed E-state index contributed by atoms with van der Waals surface area (Å²) in [6.07, 6.45) is 0. The first-order valence-electron chi connectivity index (χ1n) is 6.24. The van der Waals surface area contributed by atoms with Gasteiger partial charge in [-0.2, -0.15) is 10.2 Å². The lowest BCUT2D eigenvalue weighted by molar-refractivity contribution is 0.451. The van der Waals surface area contributed by atoms with Gasteiger partial charge in [-0.25, -0.2) is 4.98 Å². The topological polar surface area (TPSA) is 58.8 Å². The molecule has 0 aliphatic carbocycles. The molecule has 0 saturated heterocycles. The molecule has 4 nitrogen and oxygen atoms in total. The van der Waals surface area contributed by atoms with Crippen molar-refractivity contribution >= 4 is 11.6 Å². The Kier molecular flexibility index (Phi) is 4.21. The maximum atomic E-state index is 9.07. The highest BCUT2D eigenvalue weighted by molar-refractivity contribution is 6.30. The van der Waals surface area contributed by atoms with Crippen LogP contribution in [0.5, 0.6) is 11.6 Å². The first kappa shape index (κ1) is 14.3. The smallest absolute Gasteiger partial charge is 0.227 e. The highest BCUT2D eigenvalue weighted by Gasteiger charge is 2.14. The van der Waals surface area contributed by atoms with Crippen LogP contribution in [0.3, 0.4) is 0 Å². The zero-order valence-corrected chi connectivity index (χ0v) is 12.3. The van der Waals surface area contributed by atoms with Gasteiger partial charge in [0.2, 0.25) is 5.88 Å². The van der Waals surface area contributed by atoms with E-state index in [0.29, 0.717) is 33.7 Å². The van der Waals surface area contributed by atoms with Crippen molar-refractivity contribution in [3.8, 4) is 17.7 Å². The largest absolute Gasteiger partial charge is 0.437 e. The van der Waals surface area contributed by atoms with Crippen molar-refractivity contribution in [3.05, 3.63) is 46.4 Å². The number of ether oxygens (including phenoxy) is 1. The SMILES string of the molecule is Cc1c(Cl)nc(C(C)C)nc1Oc1ccccc1C#N. The van der Waals surface area contributed by atoms with Crippen molar-refractivity contribution in [1.29, 1.82) is 5.26 Å². The average Bonchev–Trinajstić information content (AvgIpc) is 2.44. The van der Waals surface area contributed by atoms with Crippen LogP contribution in [0.1, 0.15) is 36.7 Å². The van der Waals surface area contributed by atoms with Crippen molar-refractivity contribution in [1.82, 2.24) is 9.97 Å². The number of nitrogens with zero attached hydrogens (tertiary/aromatic N) is 3. The summed E-state index contributed by atoms with van der Waals surface area (Å²) in [5, 5.41) is 9.44. The molecule has 102 valence electrons. The first-order chi connectivity index (χ1) is 9.52. The summed E-state index contributed by atoms with van der Waals surface area (Å²) in [4.78, 5) is 8.60. The van der Waals surface area contributed by atoms with E-state index >= 15 is 0 Å². The molecule has 0 spiro atoms. The van der Waals surface area contributed by atoms with Gasteiger partial charge in [-0.3, -0.25) is 0 Å². The van der Waals surface area contributed by atoms with Crippen LogP contribution in [-0.2, 0) is 0 Å². The fraction of sp³-hybridized carbons (Fsp3) is 0.267. The maximum absolute atomic E-state index is 9.07. The van der Waals surface area contributed by atoms with E-state index in [9.17, 15) is 0 Å². The van der Waals surface area contributed by atoms with Gasteiger partial charge in [0.25, 0.3) is 0 Å². The minimum Gasteiger partial charge on any atom is -0.437 e. The van der Waals surface area contributed by atoms with Crippen LogP contribution < -0.4 is 4.74 Å².